The number of carboxylic acids is 1. The van der Waals surface area contributed by atoms with Crippen LogP contribution in [0.2, 0.25) is 0 Å². The molecular weight excluding hydrogens is 239 g/mol. The largest absolute Gasteiger partial charge is 0.478 e. The average Bonchev–Trinajstić information content (AvgIpc) is 2.29. The quantitative estimate of drug-likeness (QED) is 0.486. The molecule has 0 amide bonds. The van der Waals surface area contributed by atoms with Gasteiger partial charge in [-0.3, -0.25) is 4.79 Å². The zero-order valence-electron chi connectivity index (χ0n) is 8.68. The van der Waals surface area contributed by atoms with Crippen molar-refractivity contribution in [1.82, 2.24) is 0 Å². The molecule has 4 nitrogen and oxygen atoms in total. The molecular formula is C10H8F3NO3. The first kappa shape index (κ1) is 13.0. The second-order valence-corrected chi connectivity index (χ2v) is 3.19. The van der Waals surface area contributed by atoms with E-state index < -0.39 is 46.0 Å². The number of halogens is 3. The number of carbonyl (C=O) groups excluding carboxylic acids is 1. The van der Waals surface area contributed by atoms with Crippen LogP contribution in [0.4, 0.5) is 18.9 Å². The number of ketones is 1. The molecule has 1 aromatic rings. The van der Waals surface area contributed by atoms with Crippen molar-refractivity contribution < 1.29 is 27.9 Å². The lowest BCUT2D eigenvalue weighted by atomic mass is 9.99. The highest BCUT2D eigenvalue weighted by Gasteiger charge is 2.30. The van der Waals surface area contributed by atoms with Crippen molar-refractivity contribution in [3.05, 3.63) is 28.6 Å². The van der Waals surface area contributed by atoms with Gasteiger partial charge >= 0.3 is 5.97 Å². The maximum Gasteiger partial charge on any atom is 0.339 e. The van der Waals surface area contributed by atoms with Gasteiger partial charge < -0.3 is 10.8 Å². The number of carboxylic acid groups (broad SMARTS) is 1. The van der Waals surface area contributed by atoms with Crippen LogP contribution in [0.15, 0.2) is 0 Å². The third-order valence-electron chi connectivity index (χ3n) is 2.17. The van der Waals surface area contributed by atoms with Gasteiger partial charge in [0.15, 0.2) is 23.2 Å². The van der Waals surface area contributed by atoms with Gasteiger partial charge in [-0.15, -0.1) is 0 Å². The molecule has 17 heavy (non-hydrogen) atoms. The Bertz CT molecular complexity index is 514. The van der Waals surface area contributed by atoms with E-state index in [0.29, 0.717) is 0 Å². The molecule has 0 aliphatic heterocycles. The number of nitrogen functional groups attached to an aromatic ring is 1. The van der Waals surface area contributed by atoms with Crippen LogP contribution in [0.1, 0.15) is 34.1 Å². The van der Waals surface area contributed by atoms with E-state index in [0.717, 1.165) is 0 Å². The van der Waals surface area contributed by atoms with Crippen molar-refractivity contribution >= 4 is 17.4 Å². The first-order chi connectivity index (χ1) is 7.82. The minimum atomic E-state index is -1.93. The summed E-state index contributed by atoms with van der Waals surface area (Å²) in [7, 11) is 0. The Hall–Kier alpha value is -2.05. The fraction of sp³-hybridized carbons (Fsp3) is 0.200. The van der Waals surface area contributed by atoms with Gasteiger partial charge in [0.05, 0.1) is 5.56 Å². The van der Waals surface area contributed by atoms with Gasteiger partial charge in [0.1, 0.15) is 11.3 Å². The van der Waals surface area contributed by atoms with Gasteiger partial charge in [0.25, 0.3) is 0 Å². The van der Waals surface area contributed by atoms with Crippen LogP contribution >= 0.6 is 0 Å². The van der Waals surface area contributed by atoms with Gasteiger partial charge in [-0.1, -0.05) is 6.92 Å². The molecule has 1 aromatic carbocycles. The molecule has 1 rings (SSSR count). The smallest absolute Gasteiger partial charge is 0.339 e. The van der Waals surface area contributed by atoms with E-state index in [-0.39, 0.29) is 6.42 Å². The molecule has 0 bridgehead atoms. The predicted octanol–water partition coefficient (Wildman–Crippen LogP) is 1.98. The zero-order chi connectivity index (χ0) is 13.3. The predicted molar refractivity (Wildman–Crippen MR) is 52.3 cm³/mol. The lowest BCUT2D eigenvalue weighted by Gasteiger charge is -2.10. The van der Waals surface area contributed by atoms with E-state index >= 15 is 0 Å². The average molecular weight is 247 g/mol. The lowest BCUT2D eigenvalue weighted by molar-refractivity contribution is 0.0684. The number of anilines is 1. The fourth-order valence-electron chi connectivity index (χ4n) is 1.32. The highest BCUT2D eigenvalue weighted by molar-refractivity contribution is 6.06. The first-order valence-electron chi connectivity index (χ1n) is 4.55. The van der Waals surface area contributed by atoms with Gasteiger partial charge in [0, 0.05) is 6.42 Å². The molecule has 0 aromatic heterocycles. The summed E-state index contributed by atoms with van der Waals surface area (Å²) in [6.45, 7) is 1.32. The fourth-order valence-corrected chi connectivity index (χ4v) is 1.32. The monoisotopic (exact) mass is 247 g/mol. The van der Waals surface area contributed by atoms with Crippen molar-refractivity contribution in [2.24, 2.45) is 0 Å². The molecule has 0 aliphatic carbocycles. The number of aromatic carboxylic acids is 1. The number of hydrogen-bond donors (Lipinski definition) is 2. The number of Topliss-reactive ketones (excluding diaryl/α,β-unsaturated/α-hetero) is 1. The van der Waals surface area contributed by atoms with Crippen LogP contribution in [-0.4, -0.2) is 16.9 Å². The van der Waals surface area contributed by atoms with Crippen LogP contribution < -0.4 is 5.73 Å². The number of carbonyl (C=O) groups is 2. The van der Waals surface area contributed by atoms with Crippen LogP contribution in [0.25, 0.3) is 0 Å². The normalized spacial score (nSPS) is 10.4. The highest BCUT2D eigenvalue weighted by atomic mass is 19.2. The summed E-state index contributed by atoms with van der Waals surface area (Å²) in [6, 6.07) is 0. The van der Waals surface area contributed by atoms with E-state index in [4.69, 9.17) is 10.8 Å². The first-order valence-corrected chi connectivity index (χ1v) is 4.55. The summed E-state index contributed by atoms with van der Waals surface area (Å²) in [5.41, 5.74) is 1.34. The molecule has 0 unspecified atom stereocenters. The van der Waals surface area contributed by atoms with Gasteiger partial charge in [-0.25, -0.2) is 18.0 Å². The molecule has 0 aliphatic rings. The SMILES string of the molecule is CCC(=O)c1c(F)c(N)c(F)c(F)c1C(=O)O. The Morgan fingerprint density at radius 1 is 1.12 bits per heavy atom. The molecule has 3 N–H and O–H groups in total. The number of hydrogen-bond acceptors (Lipinski definition) is 3. The number of benzene rings is 1. The van der Waals surface area contributed by atoms with E-state index in [1.165, 1.54) is 6.92 Å². The topological polar surface area (TPSA) is 80.4 Å². The molecule has 0 radical (unpaired) electrons. The van der Waals surface area contributed by atoms with E-state index in [1.54, 1.807) is 0 Å². The van der Waals surface area contributed by atoms with Gasteiger partial charge in [-0.05, 0) is 0 Å². The lowest BCUT2D eigenvalue weighted by Crippen LogP contribution is -2.17. The Morgan fingerprint density at radius 3 is 2.06 bits per heavy atom. The minimum absolute atomic E-state index is 0.262. The Balaban J connectivity index is 3.78. The van der Waals surface area contributed by atoms with Crippen molar-refractivity contribution in [3.8, 4) is 0 Å². The van der Waals surface area contributed by atoms with Crippen molar-refractivity contribution in [2.75, 3.05) is 5.73 Å². The molecule has 0 atom stereocenters. The molecule has 0 saturated heterocycles. The van der Waals surface area contributed by atoms with Gasteiger partial charge in [0.2, 0.25) is 0 Å². The second-order valence-electron chi connectivity index (χ2n) is 3.19. The Labute approximate surface area is 93.8 Å². The van der Waals surface area contributed by atoms with Gasteiger partial charge in [-0.2, -0.15) is 0 Å². The maximum absolute atomic E-state index is 13.5. The molecule has 92 valence electrons. The van der Waals surface area contributed by atoms with E-state index in [9.17, 15) is 22.8 Å². The van der Waals surface area contributed by atoms with Crippen LogP contribution in [-0.2, 0) is 0 Å². The Morgan fingerprint density at radius 2 is 1.65 bits per heavy atom. The maximum atomic E-state index is 13.5. The van der Waals surface area contributed by atoms with Crippen molar-refractivity contribution in [2.45, 2.75) is 13.3 Å². The second kappa shape index (κ2) is 4.44. The van der Waals surface area contributed by atoms with Crippen LogP contribution in [0, 0.1) is 17.5 Å². The number of rotatable bonds is 3. The molecule has 0 spiro atoms. The summed E-state index contributed by atoms with van der Waals surface area (Å²) >= 11 is 0. The summed E-state index contributed by atoms with van der Waals surface area (Å²) < 4.78 is 39.8. The molecule has 0 heterocycles. The Kier molecular flexibility index (Phi) is 3.40. The summed E-state index contributed by atoms with van der Waals surface area (Å²) in [4.78, 5) is 22.0. The standard InChI is InChI=1S/C10H8F3NO3/c1-2-3(15)4-5(10(16)17)6(11)8(13)9(14)7(4)12/h2,14H2,1H3,(H,16,17). The summed E-state index contributed by atoms with van der Waals surface area (Å²) in [5.74, 6) is -8.10. The highest BCUT2D eigenvalue weighted by Crippen LogP contribution is 2.28. The van der Waals surface area contributed by atoms with Crippen LogP contribution in [0.3, 0.4) is 0 Å². The summed E-state index contributed by atoms with van der Waals surface area (Å²) in [5, 5.41) is 8.66. The van der Waals surface area contributed by atoms with Crippen LogP contribution in [0.5, 0.6) is 0 Å². The van der Waals surface area contributed by atoms with E-state index in [2.05, 4.69) is 0 Å². The molecule has 0 saturated carbocycles. The van der Waals surface area contributed by atoms with E-state index in [1.807, 2.05) is 0 Å². The third kappa shape index (κ3) is 1.95. The van der Waals surface area contributed by atoms with Crippen molar-refractivity contribution in [3.63, 3.8) is 0 Å². The zero-order valence-corrected chi connectivity index (χ0v) is 8.68. The number of nitrogens with two attached hydrogens (primary N) is 1. The van der Waals surface area contributed by atoms with Crippen molar-refractivity contribution in [1.29, 1.82) is 0 Å². The minimum Gasteiger partial charge on any atom is -0.478 e. The molecule has 0 fully saturated rings. The third-order valence-corrected chi connectivity index (χ3v) is 2.17. The summed E-state index contributed by atoms with van der Waals surface area (Å²) in [6.07, 6.45) is -0.262. The molecule has 7 heteroatoms.